The lowest BCUT2D eigenvalue weighted by atomic mass is 10.0. The van der Waals surface area contributed by atoms with Crippen LogP contribution in [0, 0.1) is 0 Å². The predicted octanol–water partition coefficient (Wildman–Crippen LogP) is 3.48. The molecular weight excluding hydrogens is 346 g/mol. The van der Waals surface area contributed by atoms with Gasteiger partial charge in [-0.2, -0.15) is 0 Å². The molecule has 4 nitrogen and oxygen atoms in total. The van der Waals surface area contributed by atoms with Crippen molar-refractivity contribution in [3.05, 3.63) is 70.2 Å². The van der Waals surface area contributed by atoms with Crippen molar-refractivity contribution in [1.29, 1.82) is 0 Å². The predicted molar refractivity (Wildman–Crippen MR) is 87.4 cm³/mol. The molecule has 1 unspecified atom stereocenters. The van der Waals surface area contributed by atoms with Gasteiger partial charge in [-0.25, -0.2) is 0 Å². The van der Waals surface area contributed by atoms with Crippen LogP contribution < -0.4 is 5.32 Å². The number of hydrogen-bond acceptors (Lipinski definition) is 3. The van der Waals surface area contributed by atoms with Crippen molar-refractivity contribution < 1.29 is 14.3 Å². The quantitative estimate of drug-likeness (QED) is 0.829. The third kappa shape index (κ3) is 4.43. The van der Waals surface area contributed by atoms with Crippen LogP contribution in [0.2, 0.25) is 0 Å². The van der Waals surface area contributed by atoms with Gasteiger partial charge in [0.2, 0.25) is 0 Å². The maximum atomic E-state index is 12.3. The van der Waals surface area contributed by atoms with Crippen molar-refractivity contribution in [3.8, 4) is 0 Å². The lowest BCUT2D eigenvalue weighted by Gasteiger charge is -2.18. The van der Waals surface area contributed by atoms with Crippen LogP contribution in [0.3, 0.4) is 0 Å². The van der Waals surface area contributed by atoms with Gasteiger partial charge < -0.3 is 10.1 Å². The van der Waals surface area contributed by atoms with Crippen molar-refractivity contribution >= 4 is 27.8 Å². The van der Waals surface area contributed by atoms with E-state index in [1.54, 1.807) is 24.3 Å². The molecule has 0 heterocycles. The Morgan fingerprint density at radius 1 is 1.09 bits per heavy atom. The number of halogens is 1. The van der Waals surface area contributed by atoms with E-state index >= 15 is 0 Å². The van der Waals surface area contributed by atoms with E-state index in [9.17, 15) is 9.59 Å². The molecule has 0 aliphatic heterocycles. The Morgan fingerprint density at radius 2 is 1.73 bits per heavy atom. The van der Waals surface area contributed by atoms with Gasteiger partial charge in [-0.15, -0.1) is 0 Å². The lowest BCUT2D eigenvalue weighted by Crippen LogP contribution is -2.30. The van der Waals surface area contributed by atoms with Crippen molar-refractivity contribution in [3.63, 3.8) is 0 Å². The van der Waals surface area contributed by atoms with E-state index in [1.807, 2.05) is 30.3 Å². The van der Waals surface area contributed by atoms with Crippen LogP contribution in [-0.2, 0) is 9.53 Å². The van der Waals surface area contributed by atoms with Crippen molar-refractivity contribution in [2.45, 2.75) is 12.5 Å². The molecule has 0 aromatic heterocycles. The van der Waals surface area contributed by atoms with Gasteiger partial charge >= 0.3 is 5.97 Å². The fourth-order valence-electron chi connectivity index (χ4n) is 2.03. The molecule has 0 saturated carbocycles. The number of hydrogen-bond donors (Lipinski definition) is 1. The van der Waals surface area contributed by atoms with Gasteiger partial charge in [-0.3, -0.25) is 9.59 Å². The summed E-state index contributed by atoms with van der Waals surface area (Å²) in [5, 5.41) is 2.88. The highest BCUT2D eigenvalue weighted by atomic mass is 79.9. The van der Waals surface area contributed by atoms with E-state index in [-0.39, 0.29) is 18.3 Å². The summed E-state index contributed by atoms with van der Waals surface area (Å²) in [4.78, 5) is 23.9. The van der Waals surface area contributed by atoms with Crippen LogP contribution in [0.5, 0.6) is 0 Å². The Hall–Kier alpha value is -2.14. The SMILES string of the molecule is COC(=O)CC(NC(=O)c1ccccc1)c1ccc(Br)cc1. The van der Waals surface area contributed by atoms with Crippen LogP contribution in [0.15, 0.2) is 59.1 Å². The molecular formula is C17H16BrNO3. The van der Waals surface area contributed by atoms with Crippen molar-refractivity contribution in [1.82, 2.24) is 5.32 Å². The third-order valence-electron chi connectivity index (χ3n) is 3.21. The first-order chi connectivity index (χ1) is 10.6. The number of carbonyl (C=O) groups excluding carboxylic acids is 2. The minimum Gasteiger partial charge on any atom is -0.469 e. The van der Waals surface area contributed by atoms with Gasteiger partial charge in [-0.05, 0) is 29.8 Å². The zero-order chi connectivity index (χ0) is 15.9. The topological polar surface area (TPSA) is 55.4 Å². The summed E-state index contributed by atoms with van der Waals surface area (Å²) in [7, 11) is 1.33. The van der Waals surface area contributed by atoms with Gasteiger partial charge in [0, 0.05) is 10.0 Å². The number of benzene rings is 2. The smallest absolute Gasteiger partial charge is 0.307 e. The van der Waals surface area contributed by atoms with Crippen molar-refractivity contribution in [2.24, 2.45) is 0 Å². The van der Waals surface area contributed by atoms with Gasteiger partial charge in [0.15, 0.2) is 0 Å². The highest BCUT2D eigenvalue weighted by Crippen LogP contribution is 2.21. The molecule has 5 heteroatoms. The van der Waals surface area contributed by atoms with E-state index < -0.39 is 6.04 Å². The van der Waals surface area contributed by atoms with Gasteiger partial charge in [0.25, 0.3) is 5.91 Å². The van der Waals surface area contributed by atoms with Crippen LogP contribution in [0.4, 0.5) is 0 Å². The van der Waals surface area contributed by atoms with Crippen molar-refractivity contribution in [2.75, 3.05) is 7.11 Å². The van der Waals surface area contributed by atoms with Crippen LogP contribution in [0.25, 0.3) is 0 Å². The van der Waals surface area contributed by atoms with Crippen LogP contribution >= 0.6 is 15.9 Å². The molecule has 0 aliphatic carbocycles. The number of esters is 1. The van der Waals surface area contributed by atoms with Gasteiger partial charge in [-0.1, -0.05) is 46.3 Å². The minimum atomic E-state index is -0.437. The van der Waals surface area contributed by atoms with E-state index in [2.05, 4.69) is 21.2 Å². The number of amides is 1. The fraction of sp³-hybridized carbons (Fsp3) is 0.176. The molecule has 2 aromatic rings. The Labute approximate surface area is 137 Å². The first kappa shape index (κ1) is 16.2. The molecule has 2 aromatic carbocycles. The Balaban J connectivity index is 2.19. The van der Waals surface area contributed by atoms with Crippen LogP contribution in [-0.4, -0.2) is 19.0 Å². The maximum absolute atomic E-state index is 12.3. The standard InChI is InChI=1S/C17H16BrNO3/c1-22-16(20)11-15(12-7-9-14(18)10-8-12)19-17(21)13-5-3-2-4-6-13/h2-10,15H,11H2,1H3,(H,19,21). The molecule has 0 saturated heterocycles. The molecule has 1 amide bonds. The summed E-state index contributed by atoms with van der Waals surface area (Å²) in [5.41, 5.74) is 1.40. The molecule has 22 heavy (non-hydrogen) atoms. The molecule has 2 rings (SSSR count). The summed E-state index contributed by atoms with van der Waals surface area (Å²) in [6.07, 6.45) is 0.0801. The third-order valence-corrected chi connectivity index (χ3v) is 3.74. The molecule has 0 aliphatic rings. The maximum Gasteiger partial charge on any atom is 0.307 e. The summed E-state index contributed by atoms with van der Waals surface area (Å²) in [6.45, 7) is 0. The average Bonchev–Trinajstić information content (AvgIpc) is 2.55. The molecule has 0 fully saturated rings. The minimum absolute atomic E-state index is 0.0801. The fourth-order valence-corrected chi connectivity index (χ4v) is 2.29. The molecule has 1 atom stereocenters. The normalized spacial score (nSPS) is 11.5. The van der Waals surface area contributed by atoms with Gasteiger partial charge in [0.1, 0.15) is 0 Å². The Kier molecular flexibility index (Phi) is 5.72. The zero-order valence-electron chi connectivity index (χ0n) is 12.1. The molecule has 114 valence electrons. The molecule has 0 spiro atoms. The highest BCUT2D eigenvalue weighted by Gasteiger charge is 2.19. The molecule has 0 bridgehead atoms. The number of rotatable bonds is 5. The summed E-state index contributed by atoms with van der Waals surface area (Å²) in [5.74, 6) is -0.598. The second-order valence-electron chi connectivity index (χ2n) is 4.72. The Morgan fingerprint density at radius 3 is 2.32 bits per heavy atom. The lowest BCUT2D eigenvalue weighted by molar-refractivity contribution is -0.141. The first-order valence-corrected chi connectivity index (χ1v) is 7.57. The van der Waals surface area contributed by atoms with E-state index in [4.69, 9.17) is 4.74 Å². The summed E-state index contributed by atoms with van der Waals surface area (Å²) < 4.78 is 5.65. The Bertz CT molecular complexity index is 641. The number of ether oxygens (including phenoxy) is 1. The van der Waals surface area contributed by atoms with Crippen LogP contribution in [0.1, 0.15) is 28.4 Å². The first-order valence-electron chi connectivity index (χ1n) is 6.78. The number of methoxy groups -OCH3 is 1. The highest BCUT2D eigenvalue weighted by molar-refractivity contribution is 9.10. The second-order valence-corrected chi connectivity index (χ2v) is 5.64. The monoisotopic (exact) mass is 361 g/mol. The molecule has 0 radical (unpaired) electrons. The summed E-state index contributed by atoms with van der Waals surface area (Å²) >= 11 is 3.37. The van der Waals surface area contributed by atoms with E-state index in [0.717, 1.165) is 10.0 Å². The second kappa shape index (κ2) is 7.75. The zero-order valence-corrected chi connectivity index (χ0v) is 13.7. The van der Waals surface area contributed by atoms with E-state index in [1.165, 1.54) is 7.11 Å². The van der Waals surface area contributed by atoms with Gasteiger partial charge in [0.05, 0.1) is 19.6 Å². The summed E-state index contributed by atoms with van der Waals surface area (Å²) in [6, 6.07) is 15.9. The average molecular weight is 362 g/mol. The van der Waals surface area contributed by atoms with E-state index in [0.29, 0.717) is 5.56 Å². The number of nitrogens with one attached hydrogen (secondary N) is 1. The number of carbonyl (C=O) groups is 2. The largest absolute Gasteiger partial charge is 0.469 e. The molecule has 1 N–H and O–H groups in total.